The van der Waals surface area contributed by atoms with E-state index in [0.717, 1.165) is 39.3 Å². The van der Waals surface area contributed by atoms with Crippen molar-refractivity contribution in [3.8, 4) is 0 Å². The van der Waals surface area contributed by atoms with E-state index < -0.39 is 0 Å². The molecule has 0 spiro atoms. The second kappa shape index (κ2) is 11.4. The van der Waals surface area contributed by atoms with Gasteiger partial charge in [0.05, 0.1) is 0 Å². The van der Waals surface area contributed by atoms with E-state index in [2.05, 4.69) is 0 Å². The first kappa shape index (κ1) is 14.0. The summed E-state index contributed by atoms with van der Waals surface area (Å²) in [5.74, 6) is 0. The maximum absolute atomic E-state index is 5.58. The number of ether oxygens (including phenoxy) is 2. The van der Waals surface area contributed by atoms with Gasteiger partial charge in [-0.15, -0.1) is 0 Å². The molecule has 1 aliphatic rings. The minimum Gasteiger partial charge on any atom is -0.381 e. The van der Waals surface area contributed by atoms with Crippen molar-refractivity contribution in [2.75, 3.05) is 26.4 Å². The molecule has 16 heavy (non-hydrogen) atoms. The molecule has 0 aromatic carbocycles. The Morgan fingerprint density at radius 3 is 0.938 bits per heavy atom. The molecule has 1 saturated heterocycles. The molecule has 1 heterocycles. The van der Waals surface area contributed by atoms with Crippen LogP contribution in [-0.2, 0) is 9.47 Å². The van der Waals surface area contributed by atoms with E-state index in [-0.39, 0.29) is 0 Å². The van der Waals surface area contributed by atoms with E-state index in [0.29, 0.717) is 0 Å². The van der Waals surface area contributed by atoms with E-state index in [1.165, 1.54) is 51.4 Å². The highest BCUT2D eigenvalue weighted by atomic mass is 16.5. The molecule has 0 saturated carbocycles. The summed E-state index contributed by atoms with van der Waals surface area (Å²) in [7, 11) is 0. The Morgan fingerprint density at radius 2 is 0.562 bits per heavy atom. The van der Waals surface area contributed by atoms with Crippen LogP contribution >= 0.6 is 0 Å². The minimum absolute atomic E-state index is 0.920. The molecule has 96 valence electrons. The van der Waals surface area contributed by atoms with Gasteiger partial charge in [0.2, 0.25) is 0 Å². The van der Waals surface area contributed by atoms with Crippen LogP contribution in [0.4, 0.5) is 0 Å². The van der Waals surface area contributed by atoms with E-state index in [1.807, 2.05) is 0 Å². The summed E-state index contributed by atoms with van der Waals surface area (Å²) in [6.07, 6.45) is 13.1. The van der Waals surface area contributed by atoms with Gasteiger partial charge in [-0.3, -0.25) is 0 Å². The predicted molar refractivity (Wildman–Crippen MR) is 67.8 cm³/mol. The molecule has 0 aromatic rings. The maximum atomic E-state index is 5.58. The summed E-state index contributed by atoms with van der Waals surface area (Å²) in [6.45, 7) is 3.76. The van der Waals surface area contributed by atoms with Gasteiger partial charge in [-0.2, -0.15) is 0 Å². The van der Waals surface area contributed by atoms with Crippen LogP contribution in [0.15, 0.2) is 0 Å². The predicted octanol–water partition coefficient (Wildman–Crippen LogP) is 3.93. The van der Waals surface area contributed by atoms with Gasteiger partial charge in [0, 0.05) is 26.4 Å². The molecule has 1 aliphatic heterocycles. The molecule has 0 radical (unpaired) electrons. The molecule has 2 nitrogen and oxygen atoms in total. The molecule has 0 aliphatic carbocycles. The molecule has 1 fully saturated rings. The Labute approximate surface area is 101 Å². The second-order valence-corrected chi connectivity index (χ2v) is 4.76. The van der Waals surface area contributed by atoms with Crippen molar-refractivity contribution in [3.05, 3.63) is 0 Å². The SMILES string of the molecule is C1CCCCCOCCCCOCCCC1. The molecule has 0 unspecified atom stereocenters. The largest absolute Gasteiger partial charge is 0.381 e. The van der Waals surface area contributed by atoms with Crippen LogP contribution in [0.1, 0.15) is 64.2 Å². The Hall–Kier alpha value is -0.0800. The lowest BCUT2D eigenvalue weighted by atomic mass is 10.1. The molecule has 0 bridgehead atoms. The van der Waals surface area contributed by atoms with Crippen molar-refractivity contribution in [2.24, 2.45) is 0 Å². The van der Waals surface area contributed by atoms with Gasteiger partial charge in [0.1, 0.15) is 0 Å². The van der Waals surface area contributed by atoms with Gasteiger partial charge in [-0.05, 0) is 25.7 Å². The fourth-order valence-corrected chi connectivity index (χ4v) is 2.08. The first-order valence-corrected chi connectivity index (χ1v) is 7.15. The van der Waals surface area contributed by atoms with E-state index in [9.17, 15) is 0 Å². The highest BCUT2D eigenvalue weighted by molar-refractivity contribution is 4.48. The summed E-state index contributed by atoms with van der Waals surface area (Å²) in [6, 6.07) is 0. The zero-order chi connectivity index (χ0) is 11.3. The number of rotatable bonds is 0. The Bertz CT molecular complexity index is 72.7. The van der Waals surface area contributed by atoms with Crippen molar-refractivity contribution in [1.82, 2.24) is 0 Å². The monoisotopic (exact) mass is 228 g/mol. The lowest BCUT2D eigenvalue weighted by Crippen LogP contribution is -2.01. The fourth-order valence-electron chi connectivity index (χ4n) is 2.08. The van der Waals surface area contributed by atoms with Crippen LogP contribution in [0, 0.1) is 0 Å². The van der Waals surface area contributed by atoms with Crippen molar-refractivity contribution >= 4 is 0 Å². The summed E-state index contributed by atoms with van der Waals surface area (Å²) in [5, 5.41) is 0. The van der Waals surface area contributed by atoms with E-state index >= 15 is 0 Å². The molecule has 1 rings (SSSR count). The second-order valence-electron chi connectivity index (χ2n) is 4.76. The van der Waals surface area contributed by atoms with Gasteiger partial charge in [-0.1, -0.05) is 38.5 Å². The highest BCUT2D eigenvalue weighted by Crippen LogP contribution is 2.09. The Morgan fingerprint density at radius 1 is 0.312 bits per heavy atom. The third kappa shape index (κ3) is 9.17. The summed E-state index contributed by atoms with van der Waals surface area (Å²) >= 11 is 0. The normalized spacial score (nSPS) is 24.0. The summed E-state index contributed by atoms with van der Waals surface area (Å²) < 4.78 is 11.2. The third-order valence-electron chi connectivity index (χ3n) is 3.15. The minimum atomic E-state index is 0.920. The number of hydrogen-bond donors (Lipinski definition) is 0. The van der Waals surface area contributed by atoms with Crippen LogP contribution < -0.4 is 0 Å². The van der Waals surface area contributed by atoms with Crippen LogP contribution in [0.3, 0.4) is 0 Å². The van der Waals surface area contributed by atoms with Gasteiger partial charge in [0.15, 0.2) is 0 Å². The Kier molecular flexibility index (Phi) is 9.97. The summed E-state index contributed by atoms with van der Waals surface area (Å²) in [5.41, 5.74) is 0. The van der Waals surface area contributed by atoms with E-state index in [1.54, 1.807) is 0 Å². The molecular weight excluding hydrogens is 200 g/mol. The fraction of sp³-hybridized carbons (Fsp3) is 1.00. The van der Waals surface area contributed by atoms with Crippen LogP contribution in [0.2, 0.25) is 0 Å². The van der Waals surface area contributed by atoms with Crippen LogP contribution in [-0.4, -0.2) is 26.4 Å². The quantitative estimate of drug-likeness (QED) is 0.625. The zero-order valence-electron chi connectivity index (χ0n) is 10.7. The molecule has 2 heteroatoms. The lowest BCUT2D eigenvalue weighted by molar-refractivity contribution is 0.0985. The molecule has 0 N–H and O–H groups in total. The molecule has 0 aromatic heterocycles. The van der Waals surface area contributed by atoms with Gasteiger partial charge >= 0.3 is 0 Å². The average molecular weight is 228 g/mol. The molecule has 0 amide bonds. The smallest absolute Gasteiger partial charge is 0.0466 e. The third-order valence-corrected chi connectivity index (χ3v) is 3.15. The average Bonchev–Trinajstić information content (AvgIpc) is 2.29. The van der Waals surface area contributed by atoms with Crippen molar-refractivity contribution in [3.63, 3.8) is 0 Å². The zero-order valence-corrected chi connectivity index (χ0v) is 10.7. The standard InChI is InChI=1S/C14H28O2/c1-2-4-6-8-12-16-14-10-9-13-15-11-7-5-3-1/h1-14H2. The van der Waals surface area contributed by atoms with Crippen LogP contribution in [0.5, 0.6) is 0 Å². The van der Waals surface area contributed by atoms with E-state index in [4.69, 9.17) is 9.47 Å². The van der Waals surface area contributed by atoms with Crippen LogP contribution in [0.25, 0.3) is 0 Å². The first-order chi connectivity index (χ1) is 8.00. The maximum Gasteiger partial charge on any atom is 0.0466 e. The molecule has 0 atom stereocenters. The van der Waals surface area contributed by atoms with Crippen molar-refractivity contribution in [1.29, 1.82) is 0 Å². The van der Waals surface area contributed by atoms with Gasteiger partial charge < -0.3 is 9.47 Å². The topological polar surface area (TPSA) is 18.5 Å². The van der Waals surface area contributed by atoms with Crippen molar-refractivity contribution < 1.29 is 9.47 Å². The highest BCUT2D eigenvalue weighted by Gasteiger charge is 1.96. The van der Waals surface area contributed by atoms with Crippen molar-refractivity contribution in [2.45, 2.75) is 64.2 Å². The number of hydrogen-bond acceptors (Lipinski definition) is 2. The first-order valence-electron chi connectivity index (χ1n) is 7.15. The summed E-state index contributed by atoms with van der Waals surface area (Å²) in [4.78, 5) is 0. The molecular formula is C14H28O2. The lowest BCUT2D eigenvalue weighted by Gasteiger charge is -2.07. The van der Waals surface area contributed by atoms with Gasteiger partial charge in [-0.25, -0.2) is 0 Å². The van der Waals surface area contributed by atoms with Gasteiger partial charge in [0.25, 0.3) is 0 Å². The Balaban J connectivity index is 2.00.